The van der Waals surface area contributed by atoms with E-state index >= 15 is 0 Å². The second-order valence-corrected chi connectivity index (χ2v) is 2.30. The van der Waals surface area contributed by atoms with Crippen LogP contribution in [-0.4, -0.2) is 12.9 Å². The third-order valence-corrected chi connectivity index (χ3v) is 1.40. The van der Waals surface area contributed by atoms with E-state index in [1.165, 1.54) is 12.1 Å². The minimum absolute atomic E-state index is 0.0113. The molecular weight excluding hydrogens is 171 g/mol. The van der Waals surface area contributed by atoms with Crippen LogP contribution in [0.3, 0.4) is 0 Å². The smallest absolute Gasteiger partial charge is 0.165 e. The Balaban J connectivity index is 2.86. The van der Waals surface area contributed by atoms with Crippen LogP contribution in [0, 0.1) is 18.2 Å². The fourth-order valence-electron chi connectivity index (χ4n) is 0.827. The number of ether oxygens (including phenoxy) is 1. The van der Waals surface area contributed by atoms with Crippen molar-refractivity contribution in [3.05, 3.63) is 29.6 Å². The SMILES string of the molecule is C#CCOc1ccc(C=O)cc1F. The average molecular weight is 178 g/mol. The molecule has 1 rings (SSSR count). The van der Waals surface area contributed by atoms with Crippen molar-refractivity contribution in [3.63, 3.8) is 0 Å². The molecule has 0 unspecified atom stereocenters. The molecule has 0 radical (unpaired) electrons. The van der Waals surface area contributed by atoms with Crippen molar-refractivity contribution >= 4 is 6.29 Å². The zero-order valence-electron chi connectivity index (χ0n) is 6.79. The second kappa shape index (κ2) is 4.27. The first-order valence-electron chi connectivity index (χ1n) is 3.59. The van der Waals surface area contributed by atoms with Gasteiger partial charge in [0.25, 0.3) is 0 Å². The maximum absolute atomic E-state index is 13.0. The van der Waals surface area contributed by atoms with E-state index in [0.717, 1.165) is 6.07 Å². The van der Waals surface area contributed by atoms with Crippen molar-refractivity contribution in [1.82, 2.24) is 0 Å². The number of aldehydes is 1. The molecular formula is C10H7FO2. The zero-order chi connectivity index (χ0) is 9.68. The van der Waals surface area contributed by atoms with Crippen LogP contribution in [0.1, 0.15) is 10.4 Å². The topological polar surface area (TPSA) is 26.3 Å². The molecule has 0 aliphatic rings. The van der Waals surface area contributed by atoms with Gasteiger partial charge in [0, 0.05) is 5.56 Å². The zero-order valence-corrected chi connectivity index (χ0v) is 6.79. The van der Waals surface area contributed by atoms with Crippen LogP contribution in [-0.2, 0) is 0 Å². The number of carbonyl (C=O) groups is 1. The fourth-order valence-corrected chi connectivity index (χ4v) is 0.827. The van der Waals surface area contributed by atoms with E-state index in [9.17, 15) is 9.18 Å². The van der Waals surface area contributed by atoms with Crippen LogP contribution in [0.5, 0.6) is 5.75 Å². The first-order valence-corrected chi connectivity index (χ1v) is 3.59. The predicted molar refractivity (Wildman–Crippen MR) is 46.1 cm³/mol. The molecule has 0 aromatic heterocycles. The van der Waals surface area contributed by atoms with Gasteiger partial charge in [0.05, 0.1) is 0 Å². The Labute approximate surface area is 75.3 Å². The van der Waals surface area contributed by atoms with Gasteiger partial charge in [0.2, 0.25) is 0 Å². The summed E-state index contributed by atoms with van der Waals surface area (Å²) >= 11 is 0. The minimum atomic E-state index is -0.583. The summed E-state index contributed by atoms with van der Waals surface area (Å²) in [7, 11) is 0. The van der Waals surface area contributed by atoms with Crippen LogP contribution < -0.4 is 4.74 Å². The molecule has 0 saturated heterocycles. The molecule has 3 heteroatoms. The Hall–Kier alpha value is -1.82. The summed E-state index contributed by atoms with van der Waals surface area (Å²) in [6, 6.07) is 3.93. The Bertz CT molecular complexity index is 352. The highest BCUT2D eigenvalue weighted by atomic mass is 19.1. The lowest BCUT2D eigenvalue weighted by molar-refractivity contribution is 0.112. The molecule has 2 nitrogen and oxygen atoms in total. The molecule has 0 saturated carbocycles. The second-order valence-electron chi connectivity index (χ2n) is 2.30. The summed E-state index contributed by atoms with van der Waals surface area (Å²) in [5.74, 6) is 1.69. The van der Waals surface area contributed by atoms with Gasteiger partial charge in [0.15, 0.2) is 11.6 Å². The number of hydrogen-bond donors (Lipinski definition) is 0. The molecule has 0 aliphatic heterocycles. The first-order chi connectivity index (χ1) is 6.27. The van der Waals surface area contributed by atoms with Gasteiger partial charge < -0.3 is 4.74 Å². The summed E-state index contributed by atoms with van der Waals surface area (Å²) in [5, 5.41) is 0. The van der Waals surface area contributed by atoms with Gasteiger partial charge in [0.1, 0.15) is 12.9 Å². The summed E-state index contributed by atoms with van der Waals surface area (Å²) < 4.78 is 17.9. The highest BCUT2D eigenvalue weighted by molar-refractivity contribution is 5.74. The first kappa shape index (κ1) is 9.27. The van der Waals surface area contributed by atoms with Crippen molar-refractivity contribution in [2.24, 2.45) is 0 Å². The van der Waals surface area contributed by atoms with E-state index in [1.54, 1.807) is 0 Å². The quantitative estimate of drug-likeness (QED) is 0.519. The molecule has 0 fully saturated rings. The van der Waals surface area contributed by atoms with E-state index in [-0.39, 0.29) is 17.9 Å². The molecule has 13 heavy (non-hydrogen) atoms. The van der Waals surface area contributed by atoms with Gasteiger partial charge in [-0.25, -0.2) is 4.39 Å². The monoisotopic (exact) mass is 178 g/mol. The van der Waals surface area contributed by atoms with Gasteiger partial charge in [-0.1, -0.05) is 5.92 Å². The summed E-state index contributed by atoms with van der Waals surface area (Å²) in [6.07, 6.45) is 5.49. The largest absolute Gasteiger partial charge is 0.478 e. The molecule has 1 aromatic carbocycles. The van der Waals surface area contributed by atoms with E-state index in [4.69, 9.17) is 11.2 Å². The Morgan fingerprint density at radius 3 is 2.92 bits per heavy atom. The van der Waals surface area contributed by atoms with E-state index in [0.29, 0.717) is 6.29 Å². The highest BCUT2D eigenvalue weighted by Gasteiger charge is 2.02. The summed E-state index contributed by atoms with van der Waals surface area (Å²) in [6.45, 7) is 0.0113. The van der Waals surface area contributed by atoms with E-state index < -0.39 is 5.82 Å². The lowest BCUT2D eigenvalue weighted by atomic mass is 10.2. The van der Waals surface area contributed by atoms with Crippen LogP contribution in [0.2, 0.25) is 0 Å². The standard InChI is InChI=1S/C10H7FO2/c1-2-5-13-10-4-3-8(7-12)6-9(10)11/h1,3-4,6-7H,5H2. The third kappa shape index (κ3) is 2.31. The third-order valence-electron chi connectivity index (χ3n) is 1.40. The Morgan fingerprint density at radius 2 is 2.38 bits per heavy atom. The number of benzene rings is 1. The van der Waals surface area contributed by atoms with Gasteiger partial charge in [-0.15, -0.1) is 6.42 Å². The number of carbonyl (C=O) groups excluding carboxylic acids is 1. The van der Waals surface area contributed by atoms with E-state index in [2.05, 4.69) is 5.92 Å². The molecule has 0 N–H and O–H groups in total. The Kier molecular flexibility index (Phi) is 3.04. The lowest BCUT2D eigenvalue weighted by Gasteiger charge is -2.02. The van der Waals surface area contributed by atoms with Gasteiger partial charge in [-0.2, -0.15) is 0 Å². The minimum Gasteiger partial charge on any atom is -0.478 e. The highest BCUT2D eigenvalue weighted by Crippen LogP contribution is 2.17. The molecule has 0 heterocycles. The van der Waals surface area contributed by atoms with Crippen molar-refractivity contribution < 1.29 is 13.9 Å². The van der Waals surface area contributed by atoms with Gasteiger partial charge in [-0.3, -0.25) is 4.79 Å². The van der Waals surface area contributed by atoms with Crippen LogP contribution >= 0.6 is 0 Å². The molecule has 0 amide bonds. The summed E-state index contributed by atoms with van der Waals surface area (Å²) in [4.78, 5) is 10.2. The van der Waals surface area contributed by atoms with Crippen LogP contribution in [0.4, 0.5) is 4.39 Å². The summed E-state index contributed by atoms with van der Waals surface area (Å²) in [5.41, 5.74) is 0.269. The van der Waals surface area contributed by atoms with Crippen LogP contribution in [0.25, 0.3) is 0 Å². The molecule has 1 aromatic rings. The van der Waals surface area contributed by atoms with Crippen molar-refractivity contribution in [2.45, 2.75) is 0 Å². The number of hydrogen-bond acceptors (Lipinski definition) is 2. The number of terminal acetylenes is 1. The van der Waals surface area contributed by atoms with Gasteiger partial charge >= 0.3 is 0 Å². The van der Waals surface area contributed by atoms with Crippen molar-refractivity contribution in [1.29, 1.82) is 0 Å². The molecule has 0 bridgehead atoms. The van der Waals surface area contributed by atoms with E-state index in [1.807, 2.05) is 0 Å². The number of halogens is 1. The lowest BCUT2D eigenvalue weighted by Crippen LogP contribution is -1.96. The molecule has 66 valence electrons. The normalized spacial score (nSPS) is 8.92. The maximum Gasteiger partial charge on any atom is 0.165 e. The molecule has 0 spiro atoms. The number of rotatable bonds is 3. The Morgan fingerprint density at radius 1 is 1.62 bits per heavy atom. The van der Waals surface area contributed by atoms with Gasteiger partial charge in [-0.05, 0) is 18.2 Å². The van der Waals surface area contributed by atoms with Crippen LogP contribution in [0.15, 0.2) is 18.2 Å². The van der Waals surface area contributed by atoms with Crippen molar-refractivity contribution in [2.75, 3.05) is 6.61 Å². The molecule has 0 aliphatic carbocycles. The average Bonchev–Trinajstić information content (AvgIpc) is 2.16. The maximum atomic E-state index is 13.0. The van der Waals surface area contributed by atoms with Crippen molar-refractivity contribution in [3.8, 4) is 18.1 Å². The molecule has 0 atom stereocenters. The fraction of sp³-hybridized carbons (Fsp3) is 0.100. The predicted octanol–water partition coefficient (Wildman–Crippen LogP) is 1.65.